The lowest BCUT2D eigenvalue weighted by atomic mass is 10.4. The van der Waals surface area contributed by atoms with Crippen molar-refractivity contribution >= 4 is 5.84 Å². The highest BCUT2D eigenvalue weighted by Crippen LogP contribution is 2.11. The molecule has 1 aliphatic heterocycles. The molecule has 76 valence electrons. The molecule has 0 saturated carbocycles. The Balaban J connectivity index is 2.11. The minimum absolute atomic E-state index is 0.465. The fourth-order valence-corrected chi connectivity index (χ4v) is 1.15. The zero-order valence-electron chi connectivity index (χ0n) is 8.27. The summed E-state index contributed by atoms with van der Waals surface area (Å²) in [5, 5.41) is 8.46. The average Bonchev–Trinajstić information content (AvgIpc) is 2.62. The van der Waals surface area contributed by atoms with Crippen LogP contribution in [0.2, 0.25) is 0 Å². The topological polar surface area (TPSA) is 70.0 Å². The van der Waals surface area contributed by atoms with Crippen LogP contribution in [0.25, 0.3) is 5.53 Å². The molecule has 0 aliphatic carbocycles. The van der Waals surface area contributed by atoms with Gasteiger partial charge in [-0.05, 0) is 6.92 Å². The quantitative estimate of drug-likeness (QED) is 0.640. The van der Waals surface area contributed by atoms with Gasteiger partial charge < -0.3 is 5.53 Å². The molecule has 7 heteroatoms. The standard InChI is InChI=1S/C7H12N6O/c1-5-4-12(3)9-7(5)14-13-6(2)8-10-11-13/h4,10,13H,1-3H3. The third kappa shape index (κ3) is 1.54. The second-order valence-corrected chi connectivity index (χ2v) is 3.11. The van der Waals surface area contributed by atoms with Crippen molar-refractivity contribution in [3.8, 4) is 5.88 Å². The first kappa shape index (κ1) is 8.97. The van der Waals surface area contributed by atoms with E-state index in [-0.39, 0.29) is 0 Å². The predicted molar refractivity (Wildman–Crippen MR) is 49.1 cm³/mol. The van der Waals surface area contributed by atoms with Crippen LogP contribution in [-0.4, -0.2) is 15.6 Å². The van der Waals surface area contributed by atoms with E-state index in [4.69, 9.17) is 4.84 Å². The second-order valence-electron chi connectivity index (χ2n) is 3.11. The van der Waals surface area contributed by atoms with Gasteiger partial charge in [0.1, 0.15) is 0 Å². The number of aromatic nitrogens is 2. The summed E-state index contributed by atoms with van der Waals surface area (Å²) in [7, 11) is 1.84. The smallest absolute Gasteiger partial charge is 0.302 e. The molecular weight excluding hydrogens is 184 g/mol. The summed E-state index contributed by atoms with van der Waals surface area (Å²) in [6.07, 6.45) is 1.88. The van der Waals surface area contributed by atoms with Crippen molar-refractivity contribution in [2.75, 3.05) is 0 Å². The molecule has 0 spiro atoms. The zero-order valence-corrected chi connectivity index (χ0v) is 8.27. The highest BCUT2D eigenvalue weighted by Gasteiger charge is 2.16. The predicted octanol–water partition coefficient (Wildman–Crippen LogP) is -0.952. The Labute approximate surface area is 81.2 Å². The van der Waals surface area contributed by atoms with E-state index in [1.807, 2.05) is 27.1 Å². The van der Waals surface area contributed by atoms with E-state index < -0.39 is 0 Å². The number of hydrogen-bond acceptors (Lipinski definition) is 4. The average molecular weight is 196 g/mol. The van der Waals surface area contributed by atoms with Crippen molar-refractivity contribution in [3.05, 3.63) is 17.3 Å². The minimum atomic E-state index is 0.465. The SMILES string of the molecule is CC1=NN[N-][NH+]1Oc1nn(C)cc1C. The van der Waals surface area contributed by atoms with E-state index >= 15 is 0 Å². The maximum Gasteiger partial charge on any atom is 0.302 e. The van der Waals surface area contributed by atoms with Crippen molar-refractivity contribution in [3.63, 3.8) is 0 Å². The van der Waals surface area contributed by atoms with Crippen molar-refractivity contribution in [2.45, 2.75) is 13.8 Å². The molecule has 2 N–H and O–H groups in total. The van der Waals surface area contributed by atoms with Crippen LogP contribution in [0.15, 0.2) is 11.3 Å². The summed E-state index contributed by atoms with van der Waals surface area (Å²) in [6, 6.07) is 0. The molecule has 1 aromatic rings. The van der Waals surface area contributed by atoms with Crippen LogP contribution in [0.1, 0.15) is 12.5 Å². The summed E-state index contributed by atoms with van der Waals surface area (Å²) in [5.41, 5.74) is 7.31. The number of amidine groups is 1. The first-order valence-electron chi connectivity index (χ1n) is 4.22. The van der Waals surface area contributed by atoms with Gasteiger partial charge in [0.25, 0.3) is 0 Å². The van der Waals surface area contributed by atoms with Gasteiger partial charge in [-0.25, -0.2) is 0 Å². The van der Waals surface area contributed by atoms with Gasteiger partial charge in [0.2, 0.25) is 5.84 Å². The van der Waals surface area contributed by atoms with Gasteiger partial charge in [0.05, 0.1) is 0 Å². The number of rotatable bonds is 2. The van der Waals surface area contributed by atoms with E-state index in [9.17, 15) is 0 Å². The molecule has 1 aliphatic rings. The molecule has 0 fully saturated rings. The minimum Gasteiger partial charge on any atom is -0.351 e. The lowest BCUT2D eigenvalue weighted by molar-refractivity contribution is -0.951. The summed E-state index contributed by atoms with van der Waals surface area (Å²) < 4.78 is 1.69. The van der Waals surface area contributed by atoms with Gasteiger partial charge in [-0.3, -0.25) is 15.1 Å². The Hall–Kier alpha value is -1.60. The van der Waals surface area contributed by atoms with E-state index in [2.05, 4.69) is 21.3 Å². The molecule has 1 aromatic heterocycles. The molecule has 1 atom stereocenters. The Bertz CT molecular complexity index is 370. The van der Waals surface area contributed by atoms with Crippen LogP contribution >= 0.6 is 0 Å². The Morgan fingerprint density at radius 3 is 2.86 bits per heavy atom. The Kier molecular flexibility index (Phi) is 2.10. The molecule has 7 nitrogen and oxygen atoms in total. The van der Waals surface area contributed by atoms with E-state index in [0.29, 0.717) is 11.1 Å². The molecule has 2 heterocycles. The van der Waals surface area contributed by atoms with E-state index in [1.54, 1.807) is 4.68 Å². The first-order chi connectivity index (χ1) is 6.66. The lowest BCUT2D eigenvalue weighted by Gasteiger charge is -2.18. The zero-order chi connectivity index (χ0) is 10.1. The van der Waals surface area contributed by atoms with Crippen LogP contribution in [0.3, 0.4) is 0 Å². The summed E-state index contributed by atoms with van der Waals surface area (Å²) in [5.74, 6) is 1.28. The van der Waals surface area contributed by atoms with Crippen LogP contribution < -0.4 is 15.5 Å². The fourth-order valence-electron chi connectivity index (χ4n) is 1.15. The van der Waals surface area contributed by atoms with Gasteiger partial charge in [-0.15, -0.1) is 15.4 Å². The summed E-state index contributed by atoms with van der Waals surface area (Å²) >= 11 is 0. The third-order valence-electron chi connectivity index (χ3n) is 1.84. The molecule has 0 bridgehead atoms. The van der Waals surface area contributed by atoms with Crippen molar-refractivity contribution in [2.24, 2.45) is 12.1 Å². The molecule has 0 aromatic carbocycles. The van der Waals surface area contributed by atoms with Gasteiger partial charge in [0.15, 0.2) is 0 Å². The van der Waals surface area contributed by atoms with E-state index in [0.717, 1.165) is 11.4 Å². The highest BCUT2D eigenvalue weighted by atomic mass is 16.7. The van der Waals surface area contributed by atoms with Crippen molar-refractivity contribution in [1.82, 2.24) is 15.3 Å². The van der Waals surface area contributed by atoms with Gasteiger partial charge in [-0.1, -0.05) is 0 Å². The largest absolute Gasteiger partial charge is 0.351 e. The summed E-state index contributed by atoms with van der Waals surface area (Å²) in [4.78, 5) is 5.46. The molecule has 14 heavy (non-hydrogen) atoms. The maximum absolute atomic E-state index is 5.46. The Morgan fingerprint density at radius 1 is 1.57 bits per heavy atom. The molecule has 1 unspecified atom stereocenters. The van der Waals surface area contributed by atoms with E-state index in [1.165, 1.54) is 0 Å². The van der Waals surface area contributed by atoms with Gasteiger partial charge >= 0.3 is 5.88 Å². The number of hydrazone groups is 1. The highest BCUT2D eigenvalue weighted by molar-refractivity contribution is 5.71. The number of aryl methyl sites for hydroxylation is 2. The molecule has 0 amide bonds. The van der Waals surface area contributed by atoms with Gasteiger partial charge in [0, 0.05) is 25.7 Å². The lowest BCUT2D eigenvalue weighted by Crippen LogP contribution is -3.11. The van der Waals surface area contributed by atoms with Crippen LogP contribution in [0.5, 0.6) is 5.88 Å². The normalized spacial score (nSPS) is 20.5. The number of hydroxylamine groups is 1. The van der Waals surface area contributed by atoms with Crippen LogP contribution in [-0.2, 0) is 7.05 Å². The number of nitrogens with one attached hydrogen (secondary N) is 2. The maximum atomic E-state index is 5.46. The summed E-state index contributed by atoms with van der Waals surface area (Å²) in [6.45, 7) is 3.74. The van der Waals surface area contributed by atoms with Crippen molar-refractivity contribution in [1.29, 1.82) is 0 Å². The fraction of sp³-hybridized carbons (Fsp3) is 0.429. The molecule has 2 rings (SSSR count). The molecule has 0 radical (unpaired) electrons. The van der Waals surface area contributed by atoms with Crippen molar-refractivity contribution < 1.29 is 10.0 Å². The Morgan fingerprint density at radius 2 is 2.36 bits per heavy atom. The third-order valence-corrected chi connectivity index (χ3v) is 1.84. The number of quaternary nitrogens is 1. The van der Waals surface area contributed by atoms with Crippen LogP contribution in [0, 0.1) is 6.92 Å². The van der Waals surface area contributed by atoms with Gasteiger partial charge in [-0.2, -0.15) is 0 Å². The molecular formula is C7H12N6O. The van der Waals surface area contributed by atoms with Crippen LogP contribution in [0.4, 0.5) is 0 Å². The number of nitrogens with zero attached hydrogens (tertiary/aromatic N) is 4. The number of hydrogen-bond donors (Lipinski definition) is 2. The monoisotopic (exact) mass is 196 g/mol. The first-order valence-corrected chi connectivity index (χ1v) is 4.22. The second kappa shape index (κ2) is 3.28. The molecule has 0 saturated heterocycles.